The molecule has 0 atom stereocenters. The van der Waals surface area contributed by atoms with Gasteiger partial charge >= 0.3 is 136 Å². The zero-order chi connectivity index (χ0) is 15.4. The predicted molar refractivity (Wildman–Crippen MR) is 98.8 cm³/mol. The summed E-state index contributed by atoms with van der Waals surface area (Å²) in [5.41, 5.74) is 1.96. The number of carbonyl (C=O) groups excluding carboxylic acids is 1. The van der Waals surface area contributed by atoms with Gasteiger partial charge in [0.15, 0.2) is 0 Å². The number of benzene rings is 1. The van der Waals surface area contributed by atoms with E-state index in [-0.39, 0.29) is 20.4 Å². The second-order valence-corrected chi connectivity index (χ2v) is 12.1. The van der Waals surface area contributed by atoms with Crippen LogP contribution in [0.1, 0.15) is 71.1 Å². The Morgan fingerprint density at radius 1 is 0.826 bits per heavy atom. The van der Waals surface area contributed by atoms with Crippen LogP contribution in [0.4, 0.5) is 0 Å². The summed E-state index contributed by atoms with van der Waals surface area (Å²) in [7, 11) is -2.09. The number of hydrogen-bond donors (Lipinski definition) is 0. The van der Waals surface area contributed by atoms with E-state index in [9.17, 15) is 4.79 Å². The summed E-state index contributed by atoms with van der Waals surface area (Å²) in [4.78, 5) is 13.1. The Labute approximate surface area is 156 Å². The van der Waals surface area contributed by atoms with Crippen LogP contribution in [0.15, 0.2) is 30.3 Å². The average molecular weight is 425 g/mol. The van der Waals surface area contributed by atoms with E-state index in [1.807, 2.05) is 6.92 Å². The fourth-order valence-electron chi connectivity index (χ4n) is 5.41. The third-order valence-electron chi connectivity index (χ3n) is 6.33. The second kappa shape index (κ2) is 8.90. The van der Waals surface area contributed by atoms with Crippen molar-refractivity contribution in [3.63, 3.8) is 0 Å². The zero-order valence-electron chi connectivity index (χ0n) is 14.3. The molecule has 0 heterocycles. The first-order valence-electron chi connectivity index (χ1n) is 9.33. The largest absolute Gasteiger partial charge is 0 e. The van der Waals surface area contributed by atoms with E-state index in [2.05, 4.69) is 30.3 Å². The van der Waals surface area contributed by atoms with Gasteiger partial charge in [-0.2, -0.15) is 0 Å². The third kappa shape index (κ3) is 3.81. The third-order valence-corrected chi connectivity index (χ3v) is 12.5. The fraction of sp³-hybridized carbons (Fsp3) is 0.650. The minimum absolute atomic E-state index is 0. The van der Waals surface area contributed by atoms with Gasteiger partial charge in [0.25, 0.3) is 0 Å². The van der Waals surface area contributed by atoms with Gasteiger partial charge in [0, 0.05) is 20.4 Å². The maximum Gasteiger partial charge on any atom is 0 e. The van der Waals surface area contributed by atoms with Crippen LogP contribution in [0.5, 0.6) is 0 Å². The summed E-state index contributed by atoms with van der Waals surface area (Å²) in [6.45, 7) is 1.93. The molecule has 2 saturated carbocycles. The Hall–Kier alpha value is -0.0177. The molecule has 3 heteroatoms. The minimum Gasteiger partial charge on any atom is 0 e. The molecule has 3 rings (SSSR count). The smallest absolute Gasteiger partial charge is 0 e. The molecule has 0 amide bonds. The molecular formula is C20H31OPPd. The SMILES string of the molecule is CC(=O)[PH](c1ccccc1)(C1CCCCC1)C1CCCCC1.[Pd]. The summed E-state index contributed by atoms with van der Waals surface area (Å²) in [5, 5.41) is 1.45. The fourth-order valence-corrected chi connectivity index (χ4v) is 12.0. The van der Waals surface area contributed by atoms with Crippen molar-refractivity contribution in [2.24, 2.45) is 0 Å². The van der Waals surface area contributed by atoms with E-state index < -0.39 is 7.26 Å². The van der Waals surface area contributed by atoms with Crippen LogP contribution < -0.4 is 5.30 Å². The number of carbonyl (C=O) groups is 1. The zero-order valence-corrected chi connectivity index (χ0v) is 16.9. The number of rotatable bonds is 4. The maximum atomic E-state index is 13.1. The van der Waals surface area contributed by atoms with Crippen LogP contribution in [0.3, 0.4) is 0 Å². The molecule has 0 bridgehead atoms. The van der Waals surface area contributed by atoms with Gasteiger partial charge in [-0.1, -0.05) is 0 Å². The van der Waals surface area contributed by atoms with Gasteiger partial charge < -0.3 is 0 Å². The first-order chi connectivity index (χ1) is 10.8. The Balaban J connectivity index is 0.00000192. The van der Waals surface area contributed by atoms with Crippen molar-refractivity contribution in [2.75, 3.05) is 0 Å². The number of hydrogen-bond acceptors (Lipinski definition) is 1. The molecule has 2 aliphatic carbocycles. The van der Waals surface area contributed by atoms with Gasteiger partial charge in [-0.3, -0.25) is 0 Å². The normalized spacial score (nSPS) is 21.4. The first kappa shape index (κ1) is 19.3. The van der Waals surface area contributed by atoms with Gasteiger partial charge in [-0.25, -0.2) is 0 Å². The molecule has 0 unspecified atom stereocenters. The van der Waals surface area contributed by atoms with Crippen LogP contribution in [-0.4, -0.2) is 16.8 Å². The van der Waals surface area contributed by atoms with Crippen molar-refractivity contribution in [2.45, 2.75) is 82.4 Å². The Morgan fingerprint density at radius 3 is 1.65 bits per heavy atom. The second-order valence-electron chi connectivity index (χ2n) is 7.46. The van der Waals surface area contributed by atoms with E-state index in [1.165, 1.54) is 69.5 Å². The molecule has 0 aromatic heterocycles. The summed E-state index contributed by atoms with van der Waals surface area (Å²) in [5.74, 6) is 0. The van der Waals surface area contributed by atoms with Crippen molar-refractivity contribution in [1.82, 2.24) is 0 Å². The summed E-state index contributed by atoms with van der Waals surface area (Å²) < 4.78 is 0. The predicted octanol–water partition coefficient (Wildman–Crippen LogP) is 5.27. The molecule has 0 aliphatic heterocycles. The molecule has 132 valence electrons. The topological polar surface area (TPSA) is 17.1 Å². The monoisotopic (exact) mass is 424 g/mol. The molecule has 0 saturated heterocycles. The Bertz CT molecular complexity index is 472. The first-order valence-corrected chi connectivity index (χ1v) is 11.5. The van der Waals surface area contributed by atoms with Crippen molar-refractivity contribution in [3.05, 3.63) is 30.3 Å². The summed E-state index contributed by atoms with van der Waals surface area (Å²) in [6.07, 6.45) is 13.3. The van der Waals surface area contributed by atoms with Crippen molar-refractivity contribution < 1.29 is 25.2 Å². The van der Waals surface area contributed by atoms with E-state index in [1.54, 1.807) is 0 Å². The van der Waals surface area contributed by atoms with Crippen LogP contribution in [0, 0.1) is 0 Å². The molecule has 1 nitrogen and oxygen atoms in total. The van der Waals surface area contributed by atoms with Crippen LogP contribution in [-0.2, 0) is 25.2 Å². The molecule has 0 N–H and O–H groups in total. The van der Waals surface area contributed by atoms with Crippen molar-refractivity contribution in [1.29, 1.82) is 0 Å². The van der Waals surface area contributed by atoms with Gasteiger partial charge in [0.1, 0.15) is 0 Å². The molecule has 2 fully saturated rings. The van der Waals surface area contributed by atoms with Crippen molar-refractivity contribution in [3.8, 4) is 0 Å². The molecule has 23 heavy (non-hydrogen) atoms. The summed E-state index contributed by atoms with van der Waals surface area (Å²) in [6, 6.07) is 11.0. The molecule has 1 aromatic rings. The standard InChI is InChI=1S/C20H31OP.Pd/c1-17(21)22(18-11-5-2-6-12-18,19-13-7-3-8-14-19)20-15-9-4-10-16-20;/h2,5-6,11-12,19-20,22H,3-4,7-10,13-16H2,1H3;. The molecule has 1 aromatic carbocycles. The minimum atomic E-state index is -2.09. The van der Waals surface area contributed by atoms with Crippen LogP contribution in [0.2, 0.25) is 0 Å². The summed E-state index contributed by atoms with van der Waals surface area (Å²) >= 11 is 0. The van der Waals surface area contributed by atoms with Crippen molar-refractivity contribution >= 4 is 18.1 Å². The molecule has 2 aliphatic rings. The Morgan fingerprint density at radius 2 is 1.26 bits per heavy atom. The van der Waals surface area contributed by atoms with Crippen LogP contribution >= 0.6 is 7.26 Å². The van der Waals surface area contributed by atoms with E-state index >= 15 is 0 Å². The average Bonchev–Trinajstić information content (AvgIpc) is 2.58. The van der Waals surface area contributed by atoms with Gasteiger partial charge in [-0.15, -0.1) is 0 Å². The van der Waals surface area contributed by atoms with E-state index in [0.717, 1.165) is 0 Å². The Kier molecular flexibility index (Phi) is 7.47. The maximum absolute atomic E-state index is 13.1. The molecule has 0 spiro atoms. The van der Waals surface area contributed by atoms with E-state index in [0.29, 0.717) is 16.8 Å². The molecular weight excluding hydrogens is 394 g/mol. The van der Waals surface area contributed by atoms with E-state index in [4.69, 9.17) is 0 Å². The quantitative estimate of drug-likeness (QED) is 0.475. The van der Waals surface area contributed by atoms with Gasteiger partial charge in [-0.05, 0) is 0 Å². The van der Waals surface area contributed by atoms with Gasteiger partial charge in [0.2, 0.25) is 0 Å². The van der Waals surface area contributed by atoms with Crippen LogP contribution in [0.25, 0.3) is 0 Å². The van der Waals surface area contributed by atoms with Gasteiger partial charge in [0.05, 0.1) is 0 Å². The molecule has 0 radical (unpaired) electrons.